The maximum Gasteiger partial charge on any atom is 0.221 e. The van der Waals surface area contributed by atoms with E-state index >= 15 is 0 Å². The number of aryl methyl sites for hydroxylation is 1. The summed E-state index contributed by atoms with van der Waals surface area (Å²) in [6.45, 7) is 3.11. The van der Waals surface area contributed by atoms with E-state index in [4.69, 9.17) is 4.74 Å². The fraction of sp³-hybridized carbons (Fsp3) is 0.273. The Kier molecular flexibility index (Phi) is 2.71. The number of carbonyl (C=O) groups is 1. The summed E-state index contributed by atoms with van der Waals surface area (Å²) >= 11 is 0. The Morgan fingerprint density at radius 2 is 2.24 bits per heavy atom. The molecule has 17 heavy (non-hydrogen) atoms. The number of imidazole rings is 1. The van der Waals surface area contributed by atoms with Crippen LogP contribution in [0.3, 0.4) is 0 Å². The van der Waals surface area contributed by atoms with Crippen LogP contribution in [0.2, 0.25) is 0 Å². The standard InChI is InChI=1S/C11H12FN3O2/c1-6-4-15-5-8(14-7(2)16)10(17-3)9(12)11(15)13-6/h4-5H,1-3H3,(H,14,16). The molecular formula is C11H12FN3O2. The third-order valence-corrected chi connectivity index (χ3v) is 2.28. The Morgan fingerprint density at radius 3 is 2.82 bits per heavy atom. The monoisotopic (exact) mass is 237 g/mol. The lowest BCUT2D eigenvalue weighted by atomic mass is 10.3. The van der Waals surface area contributed by atoms with E-state index < -0.39 is 5.82 Å². The average molecular weight is 237 g/mol. The number of amides is 1. The molecule has 0 atom stereocenters. The zero-order chi connectivity index (χ0) is 12.6. The highest BCUT2D eigenvalue weighted by atomic mass is 19.1. The number of carbonyl (C=O) groups excluding carboxylic acids is 1. The Labute approximate surface area is 97.2 Å². The number of rotatable bonds is 2. The minimum absolute atomic E-state index is 0.0155. The van der Waals surface area contributed by atoms with Crippen LogP contribution in [-0.2, 0) is 4.79 Å². The second kappa shape index (κ2) is 4.04. The van der Waals surface area contributed by atoms with Crippen LogP contribution >= 0.6 is 0 Å². The van der Waals surface area contributed by atoms with Crippen LogP contribution in [0.15, 0.2) is 12.4 Å². The highest BCUT2D eigenvalue weighted by Crippen LogP contribution is 2.30. The lowest BCUT2D eigenvalue weighted by Crippen LogP contribution is -2.09. The van der Waals surface area contributed by atoms with Crippen LogP contribution in [0.1, 0.15) is 12.6 Å². The van der Waals surface area contributed by atoms with E-state index in [1.165, 1.54) is 18.4 Å². The van der Waals surface area contributed by atoms with E-state index in [9.17, 15) is 9.18 Å². The molecule has 5 nitrogen and oxygen atoms in total. The topological polar surface area (TPSA) is 55.6 Å². The molecule has 90 valence electrons. The minimum Gasteiger partial charge on any atom is -0.491 e. The van der Waals surface area contributed by atoms with Gasteiger partial charge in [0.05, 0.1) is 12.8 Å². The number of ether oxygens (including phenoxy) is 1. The summed E-state index contributed by atoms with van der Waals surface area (Å²) in [6.07, 6.45) is 3.24. The van der Waals surface area contributed by atoms with Gasteiger partial charge in [-0.1, -0.05) is 0 Å². The summed E-state index contributed by atoms with van der Waals surface area (Å²) in [6, 6.07) is 0. The summed E-state index contributed by atoms with van der Waals surface area (Å²) < 4.78 is 20.5. The molecule has 0 radical (unpaired) electrons. The molecule has 1 amide bonds. The maximum atomic E-state index is 14.0. The number of hydrogen-bond acceptors (Lipinski definition) is 3. The van der Waals surface area contributed by atoms with Crippen LogP contribution in [0.5, 0.6) is 5.75 Å². The number of anilines is 1. The first kappa shape index (κ1) is 11.4. The van der Waals surface area contributed by atoms with Crippen molar-refractivity contribution in [2.24, 2.45) is 0 Å². The van der Waals surface area contributed by atoms with E-state index in [1.807, 2.05) is 0 Å². The largest absolute Gasteiger partial charge is 0.491 e. The van der Waals surface area contributed by atoms with Crippen molar-refractivity contribution in [1.29, 1.82) is 0 Å². The Morgan fingerprint density at radius 1 is 1.53 bits per heavy atom. The molecule has 6 heteroatoms. The fourth-order valence-corrected chi connectivity index (χ4v) is 1.67. The molecule has 1 N–H and O–H groups in total. The van der Waals surface area contributed by atoms with E-state index in [0.29, 0.717) is 5.69 Å². The van der Waals surface area contributed by atoms with Gasteiger partial charge in [0.1, 0.15) is 5.69 Å². The van der Waals surface area contributed by atoms with Crippen LogP contribution in [0.25, 0.3) is 5.65 Å². The van der Waals surface area contributed by atoms with Crippen LogP contribution < -0.4 is 10.1 Å². The molecule has 2 aromatic rings. The van der Waals surface area contributed by atoms with E-state index in [2.05, 4.69) is 10.3 Å². The third-order valence-electron chi connectivity index (χ3n) is 2.28. The normalized spacial score (nSPS) is 10.6. The van der Waals surface area contributed by atoms with Crippen molar-refractivity contribution in [3.63, 3.8) is 0 Å². The van der Waals surface area contributed by atoms with Gasteiger partial charge < -0.3 is 14.5 Å². The molecule has 0 unspecified atom stereocenters. The van der Waals surface area contributed by atoms with Crippen molar-refractivity contribution in [3.05, 3.63) is 23.9 Å². The van der Waals surface area contributed by atoms with Crippen molar-refractivity contribution in [2.75, 3.05) is 12.4 Å². The van der Waals surface area contributed by atoms with Gasteiger partial charge in [0.15, 0.2) is 11.4 Å². The Hall–Kier alpha value is -2.11. The van der Waals surface area contributed by atoms with Crippen molar-refractivity contribution in [1.82, 2.24) is 9.38 Å². The highest BCUT2D eigenvalue weighted by molar-refractivity contribution is 5.90. The maximum absolute atomic E-state index is 14.0. The number of aromatic nitrogens is 2. The molecule has 0 aliphatic heterocycles. The first-order valence-corrected chi connectivity index (χ1v) is 5.02. The van der Waals surface area contributed by atoms with Crippen molar-refractivity contribution >= 4 is 17.2 Å². The molecule has 0 saturated heterocycles. The van der Waals surface area contributed by atoms with Gasteiger partial charge in [0.2, 0.25) is 11.7 Å². The van der Waals surface area contributed by atoms with Gasteiger partial charge in [-0.3, -0.25) is 4.79 Å². The SMILES string of the molecule is COc1c(NC(C)=O)cn2cc(C)nc2c1F. The number of halogens is 1. The lowest BCUT2D eigenvalue weighted by Gasteiger charge is -2.10. The van der Waals surface area contributed by atoms with Crippen LogP contribution in [-0.4, -0.2) is 22.4 Å². The number of pyridine rings is 1. The molecule has 0 bridgehead atoms. The number of fused-ring (bicyclic) bond motifs is 1. The smallest absolute Gasteiger partial charge is 0.221 e. The minimum atomic E-state index is -0.591. The molecule has 0 saturated carbocycles. The van der Waals surface area contributed by atoms with Gasteiger partial charge in [-0.25, -0.2) is 4.98 Å². The number of nitrogens with zero attached hydrogens (tertiary/aromatic N) is 2. The predicted octanol–water partition coefficient (Wildman–Crippen LogP) is 1.75. The van der Waals surface area contributed by atoms with Gasteiger partial charge >= 0.3 is 0 Å². The fourth-order valence-electron chi connectivity index (χ4n) is 1.67. The number of nitrogens with one attached hydrogen (secondary N) is 1. The molecule has 0 aliphatic carbocycles. The van der Waals surface area contributed by atoms with Gasteiger partial charge in [0.25, 0.3) is 0 Å². The molecule has 2 aromatic heterocycles. The first-order valence-electron chi connectivity index (χ1n) is 5.02. The molecule has 0 aromatic carbocycles. The highest BCUT2D eigenvalue weighted by Gasteiger charge is 2.16. The number of hydrogen-bond donors (Lipinski definition) is 1. The summed E-state index contributed by atoms with van der Waals surface area (Å²) in [4.78, 5) is 15.1. The molecule has 2 heterocycles. The van der Waals surface area contributed by atoms with Crippen molar-refractivity contribution in [2.45, 2.75) is 13.8 Å². The second-order valence-electron chi connectivity index (χ2n) is 3.68. The number of methoxy groups -OCH3 is 1. The van der Waals surface area contributed by atoms with Crippen LogP contribution in [0, 0.1) is 12.7 Å². The third kappa shape index (κ3) is 1.93. The quantitative estimate of drug-likeness (QED) is 0.865. The van der Waals surface area contributed by atoms with Gasteiger partial charge in [-0.2, -0.15) is 4.39 Å². The molecule has 0 fully saturated rings. The lowest BCUT2D eigenvalue weighted by molar-refractivity contribution is -0.114. The van der Waals surface area contributed by atoms with Gasteiger partial charge in [-0.15, -0.1) is 0 Å². The summed E-state index contributed by atoms with van der Waals surface area (Å²) in [7, 11) is 1.34. The van der Waals surface area contributed by atoms with Gasteiger partial charge in [0, 0.05) is 19.3 Å². The summed E-state index contributed by atoms with van der Waals surface area (Å²) in [5, 5.41) is 2.51. The van der Waals surface area contributed by atoms with Crippen molar-refractivity contribution in [3.8, 4) is 5.75 Å². The zero-order valence-corrected chi connectivity index (χ0v) is 9.74. The molecule has 0 aliphatic rings. The molecule has 2 rings (SSSR count). The molecular weight excluding hydrogens is 225 g/mol. The first-order chi connectivity index (χ1) is 8.02. The zero-order valence-electron chi connectivity index (χ0n) is 9.74. The van der Waals surface area contributed by atoms with Crippen molar-refractivity contribution < 1.29 is 13.9 Å². The van der Waals surface area contributed by atoms with E-state index in [-0.39, 0.29) is 23.0 Å². The second-order valence-corrected chi connectivity index (χ2v) is 3.68. The van der Waals surface area contributed by atoms with E-state index in [1.54, 1.807) is 19.3 Å². The van der Waals surface area contributed by atoms with Gasteiger partial charge in [-0.05, 0) is 6.92 Å². The average Bonchev–Trinajstić information content (AvgIpc) is 2.59. The summed E-state index contributed by atoms with van der Waals surface area (Å²) in [5.41, 5.74) is 1.14. The summed E-state index contributed by atoms with van der Waals surface area (Å²) in [5.74, 6) is -0.899. The molecule has 0 spiro atoms. The predicted molar refractivity (Wildman–Crippen MR) is 60.7 cm³/mol. The van der Waals surface area contributed by atoms with E-state index in [0.717, 1.165) is 0 Å². The Balaban J connectivity index is 2.69. The Bertz CT molecular complexity index is 592. The van der Waals surface area contributed by atoms with Crippen LogP contribution in [0.4, 0.5) is 10.1 Å².